The van der Waals surface area contributed by atoms with E-state index in [4.69, 9.17) is 15.2 Å². The normalized spacial score (nSPS) is 29.5. The van der Waals surface area contributed by atoms with Gasteiger partial charge in [-0.1, -0.05) is 6.08 Å². The second kappa shape index (κ2) is 6.14. The van der Waals surface area contributed by atoms with Gasteiger partial charge in [0.15, 0.2) is 6.23 Å². The molecule has 8 heteroatoms. The second-order valence-electron chi connectivity index (χ2n) is 4.37. The lowest BCUT2D eigenvalue weighted by Gasteiger charge is -2.21. The number of hydrogen-bond acceptors (Lipinski definition) is 7. The van der Waals surface area contributed by atoms with Crippen LogP contribution in [0.15, 0.2) is 29.7 Å². The highest BCUT2D eigenvalue weighted by Gasteiger charge is 2.45. The molecule has 1 aromatic rings. The Morgan fingerprint density at radius 2 is 2.40 bits per heavy atom. The molecular weight excluding hydrogens is 266 g/mol. The highest BCUT2D eigenvalue weighted by Crippen LogP contribution is 2.30. The van der Waals surface area contributed by atoms with E-state index in [1.807, 2.05) is 0 Å². The number of nitrogen functional groups attached to an aromatic ring is 1. The lowest BCUT2D eigenvalue weighted by atomic mass is 10.1. The Kier molecular flexibility index (Phi) is 4.50. The van der Waals surface area contributed by atoms with E-state index in [1.54, 1.807) is 0 Å². The van der Waals surface area contributed by atoms with E-state index in [2.05, 4.69) is 11.6 Å². The van der Waals surface area contributed by atoms with Crippen LogP contribution in [0, 0.1) is 0 Å². The molecular formula is C12H17N3O5. The van der Waals surface area contributed by atoms with Gasteiger partial charge in [-0.05, 0) is 6.07 Å². The number of aromatic nitrogens is 2. The number of nitrogens with two attached hydrogens (primary N) is 1. The minimum absolute atomic E-state index is 0.0899. The van der Waals surface area contributed by atoms with Crippen LogP contribution in [-0.4, -0.2) is 51.3 Å². The molecule has 0 radical (unpaired) electrons. The van der Waals surface area contributed by atoms with E-state index in [0.717, 1.165) is 0 Å². The van der Waals surface area contributed by atoms with Gasteiger partial charge in [-0.2, -0.15) is 4.98 Å². The van der Waals surface area contributed by atoms with Crippen molar-refractivity contribution >= 4 is 5.82 Å². The molecule has 0 bridgehead atoms. The first-order valence-corrected chi connectivity index (χ1v) is 6.10. The van der Waals surface area contributed by atoms with Gasteiger partial charge in [0.05, 0.1) is 13.2 Å². The Labute approximate surface area is 115 Å². The molecule has 4 atom stereocenters. The smallest absolute Gasteiger partial charge is 0.351 e. The van der Waals surface area contributed by atoms with Crippen LogP contribution in [0.2, 0.25) is 0 Å². The molecule has 2 heterocycles. The molecule has 1 aromatic heterocycles. The van der Waals surface area contributed by atoms with Crippen molar-refractivity contribution in [2.24, 2.45) is 0 Å². The number of rotatable bonds is 5. The molecule has 20 heavy (non-hydrogen) atoms. The van der Waals surface area contributed by atoms with Crippen molar-refractivity contribution in [1.29, 1.82) is 0 Å². The first-order chi connectivity index (χ1) is 9.58. The maximum Gasteiger partial charge on any atom is 0.351 e. The molecule has 4 unspecified atom stereocenters. The van der Waals surface area contributed by atoms with E-state index in [1.165, 1.54) is 22.9 Å². The molecule has 0 saturated carbocycles. The number of hydrogen-bond donors (Lipinski definition) is 3. The van der Waals surface area contributed by atoms with Crippen molar-refractivity contribution in [2.75, 3.05) is 18.9 Å². The molecule has 1 aliphatic heterocycles. The third-order valence-electron chi connectivity index (χ3n) is 3.02. The zero-order valence-corrected chi connectivity index (χ0v) is 10.8. The lowest BCUT2D eigenvalue weighted by molar-refractivity contribution is -0.0685. The van der Waals surface area contributed by atoms with Crippen LogP contribution in [0.25, 0.3) is 0 Å². The van der Waals surface area contributed by atoms with Gasteiger partial charge in [0.2, 0.25) is 0 Å². The number of aliphatic hydroxyl groups excluding tert-OH is 2. The van der Waals surface area contributed by atoms with Crippen LogP contribution in [0.4, 0.5) is 5.82 Å². The zero-order valence-electron chi connectivity index (χ0n) is 10.8. The third-order valence-corrected chi connectivity index (χ3v) is 3.02. The maximum absolute atomic E-state index is 11.8. The Morgan fingerprint density at radius 3 is 3.00 bits per heavy atom. The maximum atomic E-state index is 11.8. The molecule has 4 N–H and O–H groups in total. The van der Waals surface area contributed by atoms with Gasteiger partial charge in [-0.15, -0.1) is 6.58 Å². The summed E-state index contributed by atoms with van der Waals surface area (Å²) in [6.45, 7) is 3.31. The summed E-state index contributed by atoms with van der Waals surface area (Å²) in [5.41, 5.74) is 4.81. The molecule has 0 spiro atoms. The monoisotopic (exact) mass is 283 g/mol. The summed E-state index contributed by atoms with van der Waals surface area (Å²) in [5.74, 6) is 0.0899. The van der Waals surface area contributed by atoms with Crippen molar-refractivity contribution < 1.29 is 19.7 Å². The summed E-state index contributed by atoms with van der Waals surface area (Å²) >= 11 is 0. The fraction of sp³-hybridized carbons (Fsp3) is 0.500. The predicted molar refractivity (Wildman–Crippen MR) is 69.8 cm³/mol. The van der Waals surface area contributed by atoms with Crippen molar-refractivity contribution in [3.05, 3.63) is 35.4 Å². The largest absolute Gasteiger partial charge is 0.394 e. The molecule has 2 rings (SSSR count). The Morgan fingerprint density at radius 1 is 1.65 bits per heavy atom. The van der Waals surface area contributed by atoms with Crippen molar-refractivity contribution in [1.82, 2.24) is 9.55 Å². The highest BCUT2D eigenvalue weighted by molar-refractivity contribution is 5.23. The van der Waals surface area contributed by atoms with Crippen molar-refractivity contribution in [3.63, 3.8) is 0 Å². The zero-order chi connectivity index (χ0) is 14.7. The quantitative estimate of drug-likeness (QED) is 0.571. The molecule has 110 valence electrons. The van der Waals surface area contributed by atoms with Crippen LogP contribution >= 0.6 is 0 Å². The van der Waals surface area contributed by atoms with Crippen LogP contribution in [0.3, 0.4) is 0 Å². The number of ether oxygens (including phenoxy) is 2. The molecule has 8 nitrogen and oxygen atoms in total. The molecule has 0 aliphatic carbocycles. The van der Waals surface area contributed by atoms with Crippen LogP contribution in [0.1, 0.15) is 6.23 Å². The van der Waals surface area contributed by atoms with Crippen molar-refractivity contribution in [3.8, 4) is 0 Å². The average molecular weight is 283 g/mol. The van der Waals surface area contributed by atoms with E-state index >= 15 is 0 Å². The Balaban J connectivity index is 2.31. The summed E-state index contributed by atoms with van der Waals surface area (Å²) in [5, 5.41) is 19.2. The highest BCUT2D eigenvalue weighted by atomic mass is 16.6. The fourth-order valence-electron chi connectivity index (χ4n) is 2.07. The molecule has 1 aliphatic rings. The molecule has 0 aromatic carbocycles. The first-order valence-electron chi connectivity index (χ1n) is 6.10. The fourth-order valence-corrected chi connectivity index (χ4v) is 2.07. The molecule has 1 fully saturated rings. The van der Waals surface area contributed by atoms with Gasteiger partial charge >= 0.3 is 5.69 Å². The van der Waals surface area contributed by atoms with Crippen LogP contribution < -0.4 is 11.4 Å². The van der Waals surface area contributed by atoms with Gasteiger partial charge < -0.3 is 25.4 Å². The van der Waals surface area contributed by atoms with Crippen LogP contribution in [-0.2, 0) is 9.47 Å². The SMILES string of the molecule is C=CCOC1C(O)C(CO)OC1n1ccc(N)nc1=O. The van der Waals surface area contributed by atoms with E-state index in [0.29, 0.717) is 0 Å². The second-order valence-corrected chi connectivity index (χ2v) is 4.37. The Hall–Kier alpha value is -1.74. The summed E-state index contributed by atoms with van der Waals surface area (Å²) in [4.78, 5) is 15.4. The average Bonchev–Trinajstić information content (AvgIpc) is 2.73. The molecule has 0 amide bonds. The summed E-state index contributed by atoms with van der Waals surface area (Å²) in [7, 11) is 0. The van der Waals surface area contributed by atoms with E-state index in [-0.39, 0.29) is 19.0 Å². The summed E-state index contributed by atoms with van der Waals surface area (Å²) < 4.78 is 12.1. The summed E-state index contributed by atoms with van der Waals surface area (Å²) in [6, 6.07) is 1.44. The van der Waals surface area contributed by atoms with Gasteiger partial charge in [0.25, 0.3) is 0 Å². The van der Waals surface area contributed by atoms with Gasteiger partial charge in [0.1, 0.15) is 24.1 Å². The number of aliphatic hydroxyl groups is 2. The summed E-state index contributed by atoms with van der Waals surface area (Å²) in [6.07, 6.45) is -0.670. The van der Waals surface area contributed by atoms with Gasteiger partial charge in [-0.3, -0.25) is 4.57 Å². The van der Waals surface area contributed by atoms with Gasteiger partial charge in [-0.25, -0.2) is 4.79 Å². The Bertz CT molecular complexity index is 532. The van der Waals surface area contributed by atoms with Gasteiger partial charge in [0, 0.05) is 6.20 Å². The standard InChI is InChI=1S/C12H17N3O5/c1-2-5-19-10-9(17)7(6-16)20-11(10)15-4-3-8(13)14-12(15)18/h2-4,7,9-11,16-17H,1,5-6H2,(H2,13,14,18). The number of nitrogens with zero attached hydrogens (tertiary/aromatic N) is 2. The van der Waals surface area contributed by atoms with Crippen molar-refractivity contribution in [2.45, 2.75) is 24.5 Å². The minimum Gasteiger partial charge on any atom is -0.394 e. The minimum atomic E-state index is -1.06. The molecule has 1 saturated heterocycles. The predicted octanol–water partition coefficient (Wildman–Crippen LogP) is -1.35. The lowest BCUT2D eigenvalue weighted by Crippen LogP contribution is -2.38. The van der Waals surface area contributed by atoms with E-state index < -0.39 is 30.2 Å². The topological polar surface area (TPSA) is 120 Å². The third kappa shape index (κ3) is 2.73. The first kappa shape index (κ1) is 14.7. The number of anilines is 1. The van der Waals surface area contributed by atoms with E-state index in [9.17, 15) is 15.0 Å². The van der Waals surface area contributed by atoms with Crippen LogP contribution in [0.5, 0.6) is 0 Å².